The van der Waals surface area contributed by atoms with E-state index in [0.717, 1.165) is 51.2 Å². The van der Waals surface area contributed by atoms with Crippen molar-refractivity contribution in [1.29, 1.82) is 0 Å². The molecule has 2 nitrogen and oxygen atoms in total. The lowest BCUT2D eigenvalue weighted by Crippen LogP contribution is -2.35. The summed E-state index contributed by atoms with van der Waals surface area (Å²) in [5.74, 6) is 0.559. The number of para-hydroxylation sites is 1. The molecule has 0 aromatic heterocycles. The van der Waals surface area contributed by atoms with E-state index in [1.807, 2.05) is 24.3 Å². The average molecular weight is 371 g/mol. The van der Waals surface area contributed by atoms with Gasteiger partial charge in [-0.2, -0.15) is 0 Å². The van der Waals surface area contributed by atoms with Gasteiger partial charge < -0.3 is 10.1 Å². The summed E-state index contributed by atoms with van der Waals surface area (Å²) in [4.78, 5) is 0. The maximum Gasteiger partial charge on any atom is 0.150 e. The normalized spacial score (nSPS) is 19.0. The minimum atomic E-state index is -0.379. The fourth-order valence-electron chi connectivity index (χ4n) is 4.52. The Balaban J connectivity index is 1.80. The molecule has 1 N–H and O–H groups in total. The van der Waals surface area contributed by atoms with Crippen LogP contribution in [0.3, 0.4) is 0 Å². The third-order valence-electron chi connectivity index (χ3n) is 5.56. The van der Waals surface area contributed by atoms with Crippen LogP contribution in [0.25, 0.3) is 16.7 Å². The molecule has 0 spiro atoms. The predicted molar refractivity (Wildman–Crippen MR) is 112 cm³/mol. The molecule has 28 heavy (non-hydrogen) atoms. The molecular formula is C25H22FNO. The number of halogens is 1. The van der Waals surface area contributed by atoms with Crippen LogP contribution in [0.1, 0.15) is 43.1 Å². The Bertz CT molecular complexity index is 1120. The van der Waals surface area contributed by atoms with Gasteiger partial charge in [0.05, 0.1) is 0 Å². The number of hydrogen-bond acceptors (Lipinski definition) is 2. The Morgan fingerprint density at radius 1 is 1.04 bits per heavy atom. The lowest BCUT2D eigenvalue weighted by atomic mass is 9.78. The Morgan fingerprint density at radius 3 is 2.68 bits per heavy atom. The van der Waals surface area contributed by atoms with Crippen molar-refractivity contribution in [3.8, 4) is 16.9 Å². The molecule has 0 fully saturated rings. The van der Waals surface area contributed by atoms with Gasteiger partial charge in [-0.25, -0.2) is 4.39 Å². The van der Waals surface area contributed by atoms with Gasteiger partial charge in [0, 0.05) is 27.9 Å². The summed E-state index contributed by atoms with van der Waals surface area (Å²) in [6.45, 7) is 8.75. The Kier molecular flexibility index (Phi) is 3.63. The van der Waals surface area contributed by atoms with Crippen LogP contribution in [0, 0.1) is 5.82 Å². The highest BCUT2D eigenvalue weighted by Gasteiger charge is 2.36. The minimum absolute atomic E-state index is 0.0555. The quantitative estimate of drug-likeness (QED) is 0.521. The molecule has 3 aromatic rings. The molecule has 0 unspecified atom stereocenters. The number of fused-ring (bicyclic) bond motifs is 5. The number of ether oxygens (including phenoxy) is 1. The van der Waals surface area contributed by atoms with Gasteiger partial charge in [-0.15, -0.1) is 0 Å². The molecule has 2 aliphatic heterocycles. The van der Waals surface area contributed by atoms with Crippen molar-refractivity contribution in [2.24, 2.45) is 0 Å². The van der Waals surface area contributed by atoms with Gasteiger partial charge in [0.2, 0.25) is 0 Å². The van der Waals surface area contributed by atoms with Crippen LogP contribution < -0.4 is 10.1 Å². The zero-order chi connectivity index (χ0) is 19.5. The summed E-state index contributed by atoms with van der Waals surface area (Å²) in [5.41, 5.74) is 7.24. The van der Waals surface area contributed by atoms with Gasteiger partial charge in [-0.05, 0) is 61.2 Å². The Hall–Kier alpha value is -3.07. The molecule has 1 atom stereocenters. The topological polar surface area (TPSA) is 21.3 Å². The number of nitrogens with one attached hydrogen (secondary N) is 1. The van der Waals surface area contributed by atoms with Gasteiger partial charge in [0.1, 0.15) is 11.6 Å². The maximum absolute atomic E-state index is 14.0. The standard InChI is InChI=1S/C25H22FNO/c1-15-14-25(2,3)27-20-12-11-19-18-9-4-5-10-21(18)28-24(23(19)22(15)20)16-7-6-8-17(26)13-16/h4-13,24,27H,1,14H2,2-3H3/t24-/m1/s1. The van der Waals surface area contributed by atoms with E-state index >= 15 is 0 Å². The summed E-state index contributed by atoms with van der Waals surface area (Å²) >= 11 is 0. The van der Waals surface area contributed by atoms with Crippen molar-refractivity contribution in [3.63, 3.8) is 0 Å². The van der Waals surface area contributed by atoms with Crippen molar-refractivity contribution < 1.29 is 9.13 Å². The number of benzene rings is 3. The number of hydrogen-bond donors (Lipinski definition) is 1. The molecule has 3 aromatic carbocycles. The third kappa shape index (κ3) is 2.62. The van der Waals surface area contributed by atoms with E-state index in [-0.39, 0.29) is 17.5 Å². The van der Waals surface area contributed by atoms with E-state index < -0.39 is 0 Å². The van der Waals surface area contributed by atoms with Crippen LogP contribution in [0.5, 0.6) is 5.75 Å². The summed E-state index contributed by atoms with van der Waals surface area (Å²) < 4.78 is 20.5. The van der Waals surface area contributed by atoms with Gasteiger partial charge in [0.25, 0.3) is 0 Å². The second-order valence-electron chi connectivity index (χ2n) is 8.29. The van der Waals surface area contributed by atoms with Crippen molar-refractivity contribution in [3.05, 3.63) is 89.8 Å². The molecule has 140 valence electrons. The molecule has 3 heteroatoms. The van der Waals surface area contributed by atoms with Crippen LogP contribution in [0.15, 0.2) is 67.2 Å². The van der Waals surface area contributed by atoms with E-state index in [0.29, 0.717) is 0 Å². The van der Waals surface area contributed by atoms with Crippen molar-refractivity contribution >= 4 is 11.3 Å². The molecule has 2 heterocycles. The first-order chi connectivity index (χ1) is 13.4. The van der Waals surface area contributed by atoms with E-state index in [4.69, 9.17) is 4.74 Å². The average Bonchev–Trinajstić information content (AvgIpc) is 2.65. The van der Waals surface area contributed by atoms with E-state index in [1.54, 1.807) is 12.1 Å². The molecule has 2 aliphatic rings. The SMILES string of the molecule is C=C1CC(C)(C)Nc2ccc3c(c21)[C@@H](c1cccc(F)c1)Oc1ccccc1-3. The van der Waals surface area contributed by atoms with Crippen molar-refractivity contribution in [2.45, 2.75) is 31.9 Å². The summed E-state index contributed by atoms with van der Waals surface area (Å²) in [6.07, 6.45) is 0.462. The highest BCUT2D eigenvalue weighted by molar-refractivity contribution is 5.89. The van der Waals surface area contributed by atoms with Crippen LogP contribution >= 0.6 is 0 Å². The maximum atomic E-state index is 14.0. The van der Waals surface area contributed by atoms with E-state index in [1.165, 1.54) is 6.07 Å². The monoisotopic (exact) mass is 371 g/mol. The highest BCUT2D eigenvalue weighted by atomic mass is 19.1. The van der Waals surface area contributed by atoms with Crippen LogP contribution in [-0.4, -0.2) is 5.54 Å². The molecule has 0 radical (unpaired) electrons. The minimum Gasteiger partial charge on any atom is -0.480 e. The lowest BCUT2D eigenvalue weighted by Gasteiger charge is -2.39. The summed E-state index contributed by atoms with van der Waals surface area (Å²) in [6, 6.07) is 19.0. The van der Waals surface area contributed by atoms with Crippen molar-refractivity contribution in [2.75, 3.05) is 5.32 Å². The zero-order valence-corrected chi connectivity index (χ0v) is 16.1. The van der Waals surface area contributed by atoms with Gasteiger partial charge >= 0.3 is 0 Å². The second kappa shape index (κ2) is 5.96. The third-order valence-corrected chi connectivity index (χ3v) is 5.56. The molecule has 0 saturated carbocycles. The van der Waals surface area contributed by atoms with Crippen LogP contribution in [-0.2, 0) is 0 Å². The molecule has 0 bridgehead atoms. The fourth-order valence-corrected chi connectivity index (χ4v) is 4.52. The number of rotatable bonds is 1. The first kappa shape index (κ1) is 17.1. The smallest absolute Gasteiger partial charge is 0.150 e. The molecule has 5 rings (SSSR count). The van der Waals surface area contributed by atoms with Crippen LogP contribution in [0.2, 0.25) is 0 Å². The lowest BCUT2D eigenvalue weighted by molar-refractivity contribution is 0.242. The fraction of sp³-hybridized carbons (Fsp3) is 0.200. The molecule has 0 amide bonds. The summed E-state index contributed by atoms with van der Waals surface area (Å²) in [5, 5.41) is 3.63. The Labute approximate surface area is 164 Å². The van der Waals surface area contributed by atoms with Gasteiger partial charge in [-0.1, -0.05) is 43.0 Å². The van der Waals surface area contributed by atoms with Gasteiger partial charge in [0.15, 0.2) is 6.10 Å². The first-order valence-electron chi connectivity index (χ1n) is 9.58. The van der Waals surface area contributed by atoms with E-state index in [2.05, 4.69) is 43.9 Å². The van der Waals surface area contributed by atoms with Crippen LogP contribution in [0.4, 0.5) is 10.1 Å². The van der Waals surface area contributed by atoms with E-state index in [9.17, 15) is 4.39 Å². The summed E-state index contributed by atoms with van der Waals surface area (Å²) in [7, 11) is 0. The second-order valence-corrected chi connectivity index (χ2v) is 8.29. The van der Waals surface area contributed by atoms with Crippen molar-refractivity contribution in [1.82, 2.24) is 0 Å². The molecular weight excluding hydrogens is 349 g/mol. The molecule has 0 saturated heterocycles. The predicted octanol–water partition coefficient (Wildman–Crippen LogP) is 6.58. The first-order valence-corrected chi connectivity index (χ1v) is 9.58. The van der Waals surface area contributed by atoms with Gasteiger partial charge in [-0.3, -0.25) is 0 Å². The highest BCUT2D eigenvalue weighted by Crippen LogP contribution is 2.51. The Morgan fingerprint density at radius 2 is 1.86 bits per heavy atom. The largest absolute Gasteiger partial charge is 0.480 e. The zero-order valence-electron chi connectivity index (χ0n) is 16.1. The number of anilines is 1. The molecule has 0 aliphatic carbocycles.